The molecule has 23 heavy (non-hydrogen) atoms. The Balaban J connectivity index is 1.52. The summed E-state index contributed by atoms with van der Waals surface area (Å²) in [4.78, 5) is 16.8. The predicted molar refractivity (Wildman–Crippen MR) is 92.7 cm³/mol. The second-order valence-electron chi connectivity index (χ2n) is 5.99. The van der Waals surface area contributed by atoms with Gasteiger partial charge in [0.05, 0.1) is 6.42 Å². The van der Waals surface area contributed by atoms with Crippen LogP contribution in [0.25, 0.3) is 0 Å². The van der Waals surface area contributed by atoms with Crippen molar-refractivity contribution in [3.8, 4) is 5.75 Å². The van der Waals surface area contributed by atoms with Crippen LogP contribution in [0.2, 0.25) is 0 Å². The average Bonchev–Trinajstić information content (AvgIpc) is 3.11. The molecule has 1 aromatic heterocycles. The molecule has 0 radical (unpaired) electrons. The molecule has 3 rings (SSSR count). The van der Waals surface area contributed by atoms with Crippen LogP contribution in [0.4, 0.5) is 0 Å². The molecule has 1 amide bonds. The summed E-state index contributed by atoms with van der Waals surface area (Å²) in [5.41, 5.74) is 2.31. The maximum absolute atomic E-state index is 12.4. The summed E-state index contributed by atoms with van der Waals surface area (Å²) in [5.74, 6) is 0.399. The zero-order valence-corrected chi connectivity index (χ0v) is 14.1. The third-order valence-electron chi connectivity index (χ3n) is 4.53. The molecule has 1 N–H and O–H groups in total. The number of nitrogens with zero attached hydrogens (tertiary/aromatic N) is 2. The molecule has 0 spiro atoms. The fourth-order valence-electron chi connectivity index (χ4n) is 2.98. The maximum atomic E-state index is 12.4. The maximum Gasteiger partial charge on any atom is 0.227 e. The molecule has 4 nitrogen and oxygen atoms in total. The number of rotatable bonds is 4. The fourth-order valence-corrected chi connectivity index (χ4v) is 3.73. The van der Waals surface area contributed by atoms with Crippen LogP contribution in [0, 0.1) is 0 Å². The van der Waals surface area contributed by atoms with E-state index in [1.807, 2.05) is 17.0 Å². The first-order valence-electron chi connectivity index (χ1n) is 7.95. The molecule has 1 aliphatic heterocycles. The van der Waals surface area contributed by atoms with Gasteiger partial charge in [-0.3, -0.25) is 9.69 Å². The van der Waals surface area contributed by atoms with Crippen molar-refractivity contribution in [3.63, 3.8) is 0 Å². The number of amides is 1. The third kappa shape index (κ3) is 3.92. The molecular weight excluding hydrogens is 308 g/mol. The predicted octanol–water partition coefficient (Wildman–Crippen LogP) is 2.90. The van der Waals surface area contributed by atoms with Crippen molar-refractivity contribution >= 4 is 17.2 Å². The minimum absolute atomic E-state index is 0.165. The summed E-state index contributed by atoms with van der Waals surface area (Å²) < 4.78 is 0. The highest BCUT2D eigenvalue weighted by Gasteiger charge is 2.24. The molecule has 0 aliphatic carbocycles. The molecule has 1 fully saturated rings. The Morgan fingerprint density at radius 3 is 2.48 bits per heavy atom. The standard InChI is InChI=1S/C18H22N2O2S/c1-14(16-6-11-23-13-16)19-7-9-20(10-8-19)18(22)12-15-2-4-17(21)5-3-15/h2-6,11,13-14,21H,7-10,12H2,1H3/t14-/m1/s1. The molecule has 2 aromatic rings. The molecule has 5 heteroatoms. The topological polar surface area (TPSA) is 43.8 Å². The first kappa shape index (κ1) is 16.0. The molecule has 0 saturated carbocycles. The van der Waals surface area contributed by atoms with Gasteiger partial charge in [-0.15, -0.1) is 0 Å². The second-order valence-corrected chi connectivity index (χ2v) is 6.77. The minimum Gasteiger partial charge on any atom is -0.508 e. The van der Waals surface area contributed by atoms with Gasteiger partial charge >= 0.3 is 0 Å². The largest absolute Gasteiger partial charge is 0.508 e. The van der Waals surface area contributed by atoms with Gasteiger partial charge in [0.15, 0.2) is 0 Å². The van der Waals surface area contributed by atoms with Crippen LogP contribution < -0.4 is 0 Å². The molecular formula is C18H22N2O2S. The molecule has 1 saturated heterocycles. The quantitative estimate of drug-likeness (QED) is 0.937. The molecule has 1 atom stereocenters. The highest BCUT2D eigenvalue weighted by molar-refractivity contribution is 7.07. The smallest absolute Gasteiger partial charge is 0.227 e. The normalized spacial score (nSPS) is 17.2. The molecule has 0 unspecified atom stereocenters. The summed E-state index contributed by atoms with van der Waals surface area (Å²) in [6.45, 7) is 5.63. The van der Waals surface area contributed by atoms with Gasteiger partial charge < -0.3 is 10.0 Å². The van der Waals surface area contributed by atoms with E-state index in [0.717, 1.165) is 31.7 Å². The van der Waals surface area contributed by atoms with Crippen molar-refractivity contribution in [3.05, 3.63) is 52.2 Å². The lowest BCUT2D eigenvalue weighted by atomic mass is 10.1. The van der Waals surface area contributed by atoms with Gasteiger partial charge in [-0.05, 0) is 47.0 Å². The van der Waals surface area contributed by atoms with Crippen LogP contribution in [0.5, 0.6) is 5.75 Å². The number of phenolic OH excluding ortho intramolecular Hbond substituents is 1. The Labute approximate surface area is 141 Å². The Hall–Kier alpha value is -1.85. The number of hydrogen-bond acceptors (Lipinski definition) is 4. The molecule has 1 aromatic carbocycles. The van der Waals surface area contributed by atoms with Gasteiger partial charge in [-0.1, -0.05) is 12.1 Å². The number of aromatic hydroxyl groups is 1. The number of thiophene rings is 1. The first-order chi connectivity index (χ1) is 11.1. The number of phenols is 1. The van der Waals surface area contributed by atoms with Crippen LogP contribution in [0.15, 0.2) is 41.1 Å². The van der Waals surface area contributed by atoms with E-state index in [0.29, 0.717) is 12.5 Å². The summed E-state index contributed by atoms with van der Waals surface area (Å²) in [5, 5.41) is 13.6. The van der Waals surface area contributed by atoms with Crippen molar-refractivity contribution in [2.45, 2.75) is 19.4 Å². The van der Waals surface area contributed by atoms with Crippen LogP contribution in [0.1, 0.15) is 24.1 Å². The van der Waals surface area contributed by atoms with E-state index in [9.17, 15) is 9.90 Å². The summed E-state index contributed by atoms with van der Waals surface area (Å²) in [6, 6.07) is 9.46. The molecule has 0 bridgehead atoms. The molecule has 1 aliphatic rings. The summed E-state index contributed by atoms with van der Waals surface area (Å²) >= 11 is 1.73. The van der Waals surface area contributed by atoms with Gasteiger partial charge in [0.2, 0.25) is 5.91 Å². The third-order valence-corrected chi connectivity index (χ3v) is 5.23. The van der Waals surface area contributed by atoms with Crippen molar-refractivity contribution in [1.29, 1.82) is 0 Å². The number of carbonyl (C=O) groups is 1. The highest BCUT2D eigenvalue weighted by Crippen LogP contribution is 2.23. The lowest BCUT2D eigenvalue weighted by Crippen LogP contribution is -2.49. The SMILES string of the molecule is C[C@H](c1ccsc1)N1CCN(C(=O)Cc2ccc(O)cc2)CC1. The van der Waals surface area contributed by atoms with Gasteiger partial charge in [-0.25, -0.2) is 0 Å². The van der Waals surface area contributed by atoms with Crippen molar-refractivity contribution in [1.82, 2.24) is 9.80 Å². The second kappa shape index (κ2) is 7.15. The summed E-state index contributed by atoms with van der Waals surface area (Å²) in [6.07, 6.45) is 0.403. The zero-order valence-electron chi connectivity index (χ0n) is 13.3. The van der Waals surface area contributed by atoms with E-state index in [-0.39, 0.29) is 11.7 Å². The van der Waals surface area contributed by atoms with E-state index in [4.69, 9.17) is 0 Å². The molecule has 122 valence electrons. The van der Waals surface area contributed by atoms with Gasteiger partial charge in [-0.2, -0.15) is 11.3 Å². The Bertz CT molecular complexity index is 632. The zero-order chi connectivity index (χ0) is 16.2. The number of hydrogen-bond donors (Lipinski definition) is 1. The lowest BCUT2D eigenvalue weighted by Gasteiger charge is -2.38. The minimum atomic E-state index is 0.165. The van der Waals surface area contributed by atoms with Gasteiger partial charge in [0.1, 0.15) is 5.75 Å². The Morgan fingerprint density at radius 1 is 1.17 bits per heavy atom. The van der Waals surface area contributed by atoms with Crippen molar-refractivity contribution in [2.24, 2.45) is 0 Å². The van der Waals surface area contributed by atoms with E-state index in [1.165, 1.54) is 5.56 Å². The first-order valence-corrected chi connectivity index (χ1v) is 8.89. The number of carbonyl (C=O) groups excluding carboxylic acids is 1. The van der Waals surface area contributed by atoms with Crippen LogP contribution in [-0.4, -0.2) is 47.0 Å². The van der Waals surface area contributed by atoms with E-state index >= 15 is 0 Å². The van der Waals surface area contributed by atoms with E-state index < -0.39 is 0 Å². The van der Waals surface area contributed by atoms with Crippen molar-refractivity contribution < 1.29 is 9.90 Å². The van der Waals surface area contributed by atoms with E-state index in [1.54, 1.807) is 23.5 Å². The van der Waals surface area contributed by atoms with Crippen LogP contribution in [-0.2, 0) is 11.2 Å². The highest BCUT2D eigenvalue weighted by atomic mass is 32.1. The Morgan fingerprint density at radius 2 is 1.87 bits per heavy atom. The lowest BCUT2D eigenvalue weighted by molar-refractivity contribution is -0.132. The van der Waals surface area contributed by atoms with E-state index in [2.05, 4.69) is 28.7 Å². The van der Waals surface area contributed by atoms with Crippen LogP contribution >= 0.6 is 11.3 Å². The molecule has 2 heterocycles. The average molecular weight is 330 g/mol. The monoisotopic (exact) mass is 330 g/mol. The number of piperazine rings is 1. The Kier molecular flexibility index (Phi) is 4.98. The summed E-state index contributed by atoms with van der Waals surface area (Å²) in [7, 11) is 0. The van der Waals surface area contributed by atoms with Gasteiger partial charge in [0, 0.05) is 32.2 Å². The van der Waals surface area contributed by atoms with Crippen molar-refractivity contribution in [2.75, 3.05) is 26.2 Å². The van der Waals surface area contributed by atoms with Crippen LogP contribution in [0.3, 0.4) is 0 Å². The fraction of sp³-hybridized carbons (Fsp3) is 0.389. The van der Waals surface area contributed by atoms with Gasteiger partial charge in [0.25, 0.3) is 0 Å². The number of benzene rings is 1.